The van der Waals surface area contributed by atoms with Gasteiger partial charge in [0.15, 0.2) is 0 Å². The Morgan fingerprint density at radius 2 is 1.68 bits per heavy atom. The molecule has 1 aromatic carbocycles. The molecule has 22 heavy (non-hydrogen) atoms. The first-order chi connectivity index (χ1) is 10.4. The number of carboxylic acid groups (broad SMARTS) is 2. The van der Waals surface area contributed by atoms with Crippen LogP contribution in [0.4, 0.5) is 11.4 Å². The molecule has 0 atom stereocenters. The van der Waals surface area contributed by atoms with E-state index in [2.05, 4.69) is 5.32 Å². The van der Waals surface area contributed by atoms with Gasteiger partial charge in [-0.25, -0.2) is 0 Å². The lowest BCUT2D eigenvalue weighted by Crippen LogP contribution is -2.35. The van der Waals surface area contributed by atoms with Crippen molar-refractivity contribution in [3.8, 4) is 0 Å². The number of hydrogen-bond donors (Lipinski definition) is 3. The van der Waals surface area contributed by atoms with Crippen LogP contribution in [-0.2, 0) is 9.59 Å². The van der Waals surface area contributed by atoms with Crippen molar-refractivity contribution in [2.45, 2.75) is 6.42 Å². The van der Waals surface area contributed by atoms with Gasteiger partial charge in [0.2, 0.25) is 0 Å². The molecular weight excluding hydrogens is 294 g/mol. The maximum absolute atomic E-state index is 10.6. The van der Waals surface area contributed by atoms with Crippen molar-refractivity contribution in [3.05, 3.63) is 34.4 Å². The van der Waals surface area contributed by atoms with E-state index >= 15 is 0 Å². The molecule has 0 fully saturated rings. The largest absolute Gasteiger partial charge is 0.480 e. The second kappa shape index (κ2) is 8.57. The van der Waals surface area contributed by atoms with E-state index in [1.807, 2.05) is 0 Å². The average molecular weight is 311 g/mol. The van der Waals surface area contributed by atoms with Crippen molar-refractivity contribution < 1.29 is 24.7 Å². The minimum Gasteiger partial charge on any atom is -0.480 e. The van der Waals surface area contributed by atoms with Crippen molar-refractivity contribution in [2.24, 2.45) is 0 Å². The molecule has 0 aromatic heterocycles. The number of carboxylic acids is 2. The predicted molar refractivity (Wildman–Crippen MR) is 77.9 cm³/mol. The van der Waals surface area contributed by atoms with E-state index in [-0.39, 0.29) is 18.8 Å². The van der Waals surface area contributed by atoms with Crippen LogP contribution in [0, 0.1) is 10.1 Å². The highest BCUT2D eigenvalue weighted by atomic mass is 16.6. The third kappa shape index (κ3) is 6.66. The van der Waals surface area contributed by atoms with E-state index in [0.29, 0.717) is 25.2 Å². The summed E-state index contributed by atoms with van der Waals surface area (Å²) in [5, 5.41) is 30.9. The summed E-state index contributed by atoms with van der Waals surface area (Å²) in [5.74, 6) is -2.16. The van der Waals surface area contributed by atoms with Gasteiger partial charge in [-0.05, 0) is 18.6 Å². The second-order valence-electron chi connectivity index (χ2n) is 4.58. The molecular formula is C13H17N3O6. The zero-order valence-electron chi connectivity index (χ0n) is 11.8. The van der Waals surface area contributed by atoms with Gasteiger partial charge in [0, 0.05) is 30.9 Å². The van der Waals surface area contributed by atoms with Crippen molar-refractivity contribution in [2.75, 3.05) is 31.5 Å². The number of nitro benzene ring substituents is 1. The second-order valence-corrected chi connectivity index (χ2v) is 4.58. The van der Waals surface area contributed by atoms with Gasteiger partial charge in [-0.15, -0.1) is 0 Å². The Morgan fingerprint density at radius 1 is 1.14 bits per heavy atom. The van der Waals surface area contributed by atoms with Gasteiger partial charge in [0.1, 0.15) is 0 Å². The molecule has 0 unspecified atom stereocenters. The molecule has 0 heterocycles. The molecule has 120 valence electrons. The van der Waals surface area contributed by atoms with E-state index in [4.69, 9.17) is 10.2 Å². The molecule has 9 nitrogen and oxygen atoms in total. The van der Waals surface area contributed by atoms with Gasteiger partial charge in [-0.3, -0.25) is 24.6 Å². The Morgan fingerprint density at radius 3 is 2.14 bits per heavy atom. The maximum Gasteiger partial charge on any atom is 0.317 e. The van der Waals surface area contributed by atoms with Crippen molar-refractivity contribution in [1.29, 1.82) is 0 Å². The summed E-state index contributed by atoms with van der Waals surface area (Å²) in [4.78, 5) is 32.6. The molecule has 0 amide bonds. The van der Waals surface area contributed by atoms with E-state index < -0.39 is 16.9 Å². The van der Waals surface area contributed by atoms with E-state index in [0.717, 1.165) is 0 Å². The van der Waals surface area contributed by atoms with Crippen LogP contribution in [0.15, 0.2) is 24.3 Å². The van der Waals surface area contributed by atoms with E-state index in [1.54, 1.807) is 12.1 Å². The van der Waals surface area contributed by atoms with E-state index in [9.17, 15) is 19.7 Å². The molecule has 9 heteroatoms. The monoisotopic (exact) mass is 311 g/mol. The normalized spacial score (nSPS) is 10.4. The lowest BCUT2D eigenvalue weighted by Gasteiger charge is -2.17. The number of nitrogens with zero attached hydrogens (tertiary/aromatic N) is 2. The van der Waals surface area contributed by atoms with Crippen LogP contribution in [-0.4, -0.2) is 58.2 Å². The Kier molecular flexibility index (Phi) is 6.77. The Labute approximate surface area is 126 Å². The fourth-order valence-corrected chi connectivity index (χ4v) is 1.83. The number of anilines is 1. The Hall–Kier alpha value is -2.68. The molecule has 1 aromatic rings. The predicted octanol–water partition coefficient (Wildman–Crippen LogP) is 0.868. The highest BCUT2D eigenvalue weighted by Gasteiger charge is 2.12. The number of aliphatic carboxylic acids is 2. The highest BCUT2D eigenvalue weighted by Crippen LogP contribution is 2.15. The first-order valence-corrected chi connectivity index (χ1v) is 6.52. The lowest BCUT2D eigenvalue weighted by atomic mass is 10.2. The summed E-state index contributed by atoms with van der Waals surface area (Å²) < 4.78 is 0. The minimum atomic E-state index is -1.08. The summed E-state index contributed by atoms with van der Waals surface area (Å²) in [7, 11) is 0. The molecule has 0 saturated heterocycles. The fraction of sp³-hybridized carbons (Fsp3) is 0.385. The van der Waals surface area contributed by atoms with Gasteiger partial charge < -0.3 is 15.5 Å². The van der Waals surface area contributed by atoms with Gasteiger partial charge in [-0.1, -0.05) is 0 Å². The smallest absolute Gasteiger partial charge is 0.317 e. The third-order valence-corrected chi connectivity index (χ3v) is 2.78. The van der Waals surface area contributed by atoms with Gasteiger partial charge in [0.25, 0.3) is 5.69 Å². The van der Waals surface area contributed by atoms with Crippen molar-refractivity contribution >= 4 is 23.3 Å². The van der Waals surface area contributed by atoms with Crippen LogP contribution >= 0.6 is 0 Å². The number of nitro groups is 1. The van der Waals surface area contributed by atoms with Crippen LogP contribution in [0.5, 0.6) is 0 Å². The van der Waals surface area contributed by atoms with Crippen LogP contribution in [0.25, 0.3) is 0 Å². The van der Waals surface area contributed by atoms with Crippen LogP contribution in [0.2, 0.25) is 0 Å². The summed E-state index contributed by atoms with van der Waals surface area (Å²) in [6, 6.07) is 5.90. The number of hydrogen-bond acceptors (Lipinski definition) is 6. The zero-order valence-corrected chi connectivity index (χ0v) is 11.8. The fourth-order valence-electron chi connectivity index (χ4n) is 1.83. The summed E-state index contributed by atoms with van der Waals surface area (Å²) in [6.45, 7) is 0.153. The average Bonchev–Trinajstić information content (AvgIpc) is 2.42. The van der Waals surface area contributed by atoms with Gasteiger partial charge in [-0.2, -0.15) is 0 Å². The first kappa shape index (κ1) is 17.4. The molecule has 0 aliphatic rings. The van der Waals surface area contributed by atoms with Crippen LogP contribution in [0.3, 0.4) is 0 Å². The van der Waals surface area contributed by atoms with E-state index in [1.165, 1.54) is 17.0 Å². The third-order valence-electron chi connectivity index (χ3n) is 2.78. The van der Waals surface area contributed by atoms with Crippen molar-refractivity contribution in [3.63, 3.8) is 0 Å². The number of carbonyl (C=O) groups is 2. The van der Waals surface area contributed by atoms with Crippen LogP contribution in [0.1, 0.15) is 6.42 Å². The molecule has 0 radical (unpaired) electrons. The quantitative estimate of drug-likeness (QED) is 0.329. The topological polar surface area (TPSA) is 133 Å². The Bertz CT molecular complexity index is 515. The van der Waals surface area contributed by atoms with Gasteiger partial charge in [0.05, 0.1) is 18.0 Å². The molecule has 0 aliphatic heterocycles. The van der Waals surface area contributed by atoms with Crippen molar-refractivity contribution in [1.82, 2.24) is 4.90 Å². The molecule has 0 aliphatic carbocycles. The molecule has 0 saturated carbocycles. The lowest BCUT2D eigenvalue weighted by molar-refractivity contribution is -0.384. The SMILES string of the molecule is O=C(O)CN(CCCNc1ccc([N+](=O)[O-])cc1)CC(=O)O. The Balaban J connectivity index is 2.37. The van der Waals surface area contributed by atoms with Gasteiger partial charge >= 0.3 is 11.9 Å². The number of rotatable bonds is 10. The summed E-state index contributed by atoms with van der Waals surface area (Å²) >= 11 is 0. The molecule has 0 bridgehead atoms. The number of benzene rings is 1. The number of non-ortho nitro benzene ring substituents is 1. The summed E-state index contributed by atoms with van der Waals surface area (Å²) in [5.41, 5.74) is 0.702. The zero-order chi connectivity index (χ0) is 16.5. The molecule has 3 N–H and O–H groups in total. The first-order valence-electron chi connectivity index (χ1n) is 6.52. The standard InChI is InChI=1S/C13H17N3O6/c17-12(18)8-15(9-13(19)20)7-1-6-14-10-2-4-11(5-3-10)16(21)22/h2-5,14H,1,6-9H2,(H,17,18)(H,19,20). The number of nitrogens with one attached hydrogen (secondary N) is 1. The highest BCUT2D eigenvalue weighted by molar-refractivity contribution is 5.72. The molecule has 1 rings (SSSR count). The van der Waals surface area contributed by atoms with Crippen LogP contribution < -0.4 is 5.32 Å². The maximum atomic E-state index is 10.6. The molecule has 0 spiro atoms. The summed E-state index contributed by atoms with van der Waals surface area (Å²) in [6.07, 6.45) is 0.539. The minimum absolute atomic E-state index is 0.000332.